The van der Waals surface area contributed by atoms with Crippen molar-refractivity contribution >= 4 is 23.3 Å². The molecule has 0 bridgehead atoms. The largest absolute Gasteiger partial charge is 0.364 e. The summed E-state index contributed by atoms with van der Waals surface area (Å²) in [7, 11) is 0. The summed E-state index contributed by atoms with van der Waals surface area (Å²) >= 11 is 5.89. The average Bonchev–Trinajstić information content (AvgIpc) is 3.19. The summed E-state index contributed by atoms with van der Waals surface area (Å²) in [6.45, 7) is 0.995. The number of hydrogen-bond donors (Lipinski definition) is 2. The van der Waals surface area contributed by atoms with E-state index in [1.54, 1.807) is 16.9 Å². The Labute approximate surface area is 139 Å². The van der Waals surface area contributed by atoms with Gasteiger partial charge < -0.3 is 15.8 Å². The van der Waals surface area contributed by atoms with Crippen molar-refractivity contribution in [2.24, 2.45) is 5.73 Å². The summed E-state index contributed by atoms with van der Waals surface area (Å²) in [6, 6.07) is 9.29. The fourth-order valence-corrected chi connectivity index (χ4v) is 2.73. The Morgan fingerprint density at radius 1 is 1.35 bits per heavy atom. The number of amides is 1. The summed E-state index contributed by atoms with van der Waals surface area (Å²) in [5, 5.41) is 7.82. The van der Waals surface area contributed by atoms with Gasteiger partial charge in [0.1, 0.15) is 11.9 Å². The second kappa shape index (κ2) is 7.12. The second-order valence-electron chi connectivity index (χ2n) is 5.55. The first-order valence-electron chi connectivity index (χ1n) is 7.58. The van der Waals surface area contributed by atoms with Crippen LogP contribution >= 0.6 is 11.6 Å². The molecule has 23 heavy (non-hydrogen) atoms. The second-order valence-corrected chi connectivity index (χ2v) is 5.99. The van der Waals surface area contributed by atoms with E-state index in [1.165, 1.54) is 0 Å². The van der Waals surface area contributed by atoms with Crippen LogP contribution in [0.3, 0.4) is 0 Å². The molecule has 1 amide bonds. The van der Waals surface area contributed by atoms with Crippen molar-refractivity contribution in [3.05, 3.63) is 47.1 Å². The third-order valence-electron chi connectivity index (χ3n) is 3.88. The molecule has 122 valence electrons. The molecule has 6 nitrogen and oxygen atoms in total. The number of hydrogen-bond acceptors (Lipinski definition) is 4. The van der Waals surface area contributed by atoms with E-state index in [2.05, 4.69) is 10.4 Å². The molecule has 7 heteroatoms. The highest BCUT2D eigenvalue weighted by atomic mass is 35.5. The van der Waals surface area contributed by atoms with Crippen molar-refractivity contribution in [3.63, 3.8) is 0 Å². The van der Waals surface area contributed by atoms with E-state index in [0.717, 1.165) is 12.0 Å². The van der Waals surface area contributed by atoms with Crippen molar-refractivity contribution < 1.29 is 9.53 Å². The lowest BCUT2D eigenvalue weighted by Crippen LogP contribution is -2.30. The molecule has 2 heterocycles. The zero-order valence-electron chi connectivity index (χ0n) is 12.6. The van der Waals surface area contributed by atoms with Crippen molar-refractivity contribution in [1.29, 1.82) is 0 Å². The molecule has 1 fully saturated rings. The normalized spacial score (nSPS) is 20.6. The number of benzene rings is 1. The minimum atomic E-state index is -0.442. The van der Waals surface area contributed by atoms with Gasteiger partial charge in [-0.2, -0.15) is 5.10 Å². The zero-order chi connectivity index (χ0) is 16.2. The van der Waals surface area contributed by atoms with Gasteiger partial charge in [0, 0.05) is 17.6 Å². The van der Waals surface area contributed by atoms with E-state index in [9.17, 15) is 4.79 Å². The van der Waals surface area contributed by atoms with Gasteiger partial charge in [-0.3, -0.25) is 4.79 Å². The van der Waals surface area contributed by atoms with Gasteiger partial charge in [0.25, 0.3) is 5.91 Å². The van der Waals surface area contributed by atoms with Gasteiger partial charge in [0.2, 0.25) is 0 Å². The van der Waals surface area contributed by atoms with E-state index < -0.39 is 6.10 Å². The van der Waals surface area contributed by atoms with Crippen LogP contribution in [0.2, 0.25) is 5.02 Å². The Hall–Kier alpha value is -1.89. The molecular formula is C16H19ClN4O2. The van der Waals surface area contributed by atoms with Crippen LogP contribution < -0.4 is 11.1 Å². The van der Waals surface area contributed by atoms with Crippen molar-refractivity contribution in [2.45, 2.75) is 31.6 Å². The molecular weight excluding hydrogens is 316 g/mol. The van der Waals surface area contributed by atoms with Crippen LogP contribution in [0.1, 0.15) is 18.4 Å². The van der Waals surface area contributed by atoms with E-state index in [4.69, 9.17) is 22.1 Å². The number of halogens is 1. The van der Waals surface area contributed by atoms with Gasteiger partial charge in [-0.15, -0.1) is 0 Å². The molecule has 1 aliphatic rings. The number of aromatic nitrogens is 2. The SMILES string of the molecule is NC[C@H]1CC[C@@H](C(=O)Nc2ccnn2Cc2ccc(Cl)cc2)O1. The van der Waals surface area contributed by atoms with Crippen LogP contribution in [-0.4, -0.2) is 34.4 Å². The number of ether oxygens (including phenoxy) is 1. The Morgan fingerprint density at radius 2 is 2.13 bits per heavy atom. The topological polar surface area (TPSA) is 82.2 Å². The summed E-state index contributed by atoms with van der Waals surface area (Å²) in [4.78, 5) is 12.3. The van der Waals surface area contributed by atoms with Crippen molar-refractivity contribution in [3.8, 4) is 0 Å². The van der Waals surface area contributed by atoms with Crippen LogP contribution in [0.15, 0.2) is 36.5 Å². The lowest BCUT2D eigenvalue weighted by molar-refractivity contribution is -0.126. The molecule has 1 saturated heterocycles. The Kier molecular flexibility index (Phi) is 4.95. The molecule has 0 aliphatic carbocycles. The fourth-order valence-electron chi connectivity index (χ4n) is 2.61. The van der Waals surface area contributed by atoms with Crippen LogP contribution in [0, 0.1) is 0 Å². The summed E-state index contributed by atoms with van der Waals surface area (Å²) in [6.07, 6.45) is 2.70. The number of anilines is 1. The van der Waals surface area contributed by atoms with E-state index in [-0.39, 0.29) is 12.0 Å². The quantitative estimate of drug-likeness (QED) is 0.876. The lowest BCUT2D eigenvalue weighted by Gasteiger charge is -2.14. The Balaban J connectivity index is 1.64. The number of carbonyl (C=O) groups excluding carboxylic acids is 1. The Morgan fingerprint density at radius 3 is 2.83 bits per heavy atom. The predicted molar refractivity (Wildman–Crippen MR) is 88.4 cm³/mol. The van der Waals surface area contributed by atoms with E-state index in [0.29, 0.717) is 30.4 Å². The summed E-state index contributed by atoms with van der Waals surface area (Å²) < 4.78 is 7.34. The smallest absolute Gasteiger partial charge is 0.254 e. The van der Waals surface area contributed by atoms with E-state index >= 15 is 0 Å². The highest BCUT2D eigenvalue weighted by Gasteiger charge is 2.30. The van der Waals surface area contributed by atoms with Gasteiger partial charge >= 0.3 is 0 Å². The first-order valence-corrected chi connectivity index (χ1v) is 7.96. The van der Waals surface area contributed by atoms with Gasteiger partial charge in [0.05, 0.1) is 18.8 Å². The number of nitrogens with one attached hydrogen (secondary N) is 1. The molecule has 2 aromatic rings. The van der Waals surface area contributed by atoms with E-state index in [1.807, 2.05) is 24.3 Å². The summed E-state index contributed by atoms with van der Waals surface area (Å²) in [5.74, 6) is 0.489. The van der Waals surface area contributed by atoms with Gasteiger partial charge in [0.15, 0.2) is 0 Å². The van der Waals surface area contributed by atoms with Gasteiger partial charge in [-0.25, -0.2) is 4.68 Å². The molecule has 2 atom stereocenters. The van der Waals surface area contributed by atoms with Crippen LogP contribution in [0.4, 0.5) is 5.82 Å². The number of nitrogens with two attached hydrogens (primary N) is 1. The molecule has 1 aromatic carbocycles. The molecule has 0 spiro atoms. The fraction of sp³-hybridized carbons (Fsp3) is 0.375. The first kappa shape index (κ1) is 16.0. The maximum absolute atomic E-state index is 12.3. The van der Waals surface area contributed by atoms with Crippen LogP contribution in [0.5, 0.6) is 0 Å². The molecule has 1 aromatic heterocycles. The van der Waals surface area contributed by atoms with Gasteiger partial charge in [-0.05, 0) is 30.5 Å². The number of nitrogens with zero attached hydrogens (tertiary/aromatic N) is 2. The van der Waals surface area contributed by atoms with Crippen LogP contribution in [0.25, 0.3) is 0 Å². The minimum absolute atomic E-state index is 0.0234. The predicted octanol–water partition coefficient (Wildman–Crippen LogP) is 2.03. The van der Waals surface area contributed by atoms with Gasteiger partial charge in [-0.1, -0.05) is 23.7 Å². The first-order chi connectivity index (χ1) is 11.2. The average molecular weight is 335 g/mol. The van der Waals surface area contributed by atoms with Crippen molar-refractivity contribution in [2.75, 3.05) is 11.9 Å². The molecule has 1 aliphatic heterocycles. The molecule has 3 rings (SSSR count). The standard InChI is InChI=1S/C16H19ClN4O2/c17-12-3-1-11(2-4-12)10-21-15(7-8-19-21)20-16(22)14-6-5-13(9-18)23-14/h1-4,7-8,13-14H,5-6,9-10,18H2,(H,20,22)/t13-,14+/m1/s1. The maximum Gasteiger partial charge on any atom is 0.254 e. The highest BCUT2D eigenvalue weighted by Crippen LogP contribution is 2.21. The zero-order valence-corrected chi connectivity index (χ0v) is 13.4. The molecule has 3 N–H and O–H groups in total. The third kappa shape index (κ3) is 3.90. The maximum atomic E-state index is 12.3. The third-order valence-corrected chi connectivity index (χ3v) is 4.13. The Bertz CT molecular complexity index is 671. The number of rotatable bonds is 5. The minimum Gasteiger partial charge on any atom is -0.364 e. The highest BCUT2D eigenvalue weighted by molar-refractivity contribution is 6.30. The monoisotopic (exact) mass is 334 g/mol. The summed E-state index contributed by atoms with van der Waals surface area (Å²) in [5.41, 5.74) is 6.62. The number of carbonyl (C=O) groups is 1. The van der Waals surface area contributed by atoms with Crippen molar-refractivity contribution in [1.82, 2.24) is 9.78 Å². The van der Waals surface area contributed by atoms with Crippen LogP contribution in [-0.2, 0) is 16.1 Å². The molecule has 0 unspecified atom stereocenters. The lowest BCUT2D eigenvalue weighted by atomic mass is 10.2. The molecule has 0 saturated carbocycles. The molecule has 0 radical (unpaired) electrons.